The lowest BCUT2D eigenvalue weighted by atomic mass is 9.64. The number of anilines is 9. The Kier molecular flexibility index (Phi) is 9.40. The topological polar surface area (TPSA) is 9.72 Å². The molecule has 0 saturated heterocycles. The smallest absolute Gasteiger partial charge is 0.0755 e. The second-order valence-electron chi connectivity index (χ2n) is 17.7. The van der Waals surface area contributed by atoms with Gasteiger partial charge in [0.2, 0.25) is 0 Å². The molecule has 11 aromatic carbocycles. The zero-order chi connectivity index (χ0) is 45.0. The molecule has 0 unspecified atom stereocenters. The summed E-state index contributed by atoms with van der Waals surface area (Å²) in [5.41, 5.74) is 19.4. The van der Waals surface area contributed by atoms with Crippen molar-refractivity contribution in [1.82, 2.24) is 0 Å². The van der Waals surface area contributed by atoms with E-state index in [9.17, 15) is 0 Å². The second-order valence-corrected chi connectivity index (χ2v) is 17.7. The number of hydrogen-bond donors (Lipinski definition) is 0. The van der Waals surface area contributed by atoms with Gasteiger partial charge in [-0.2, -0.15) is 0 Å². The number of hydrogen-bond acceptors (Lipinski definition) is 3. The predicted molar refractivity (Wildman–Crippen MR) is 284 cm³/mol. The minimum Gasteiger partial charge on any atom is -0.310 e. The van der Waals surface area contributed by atoms with Gasteiger partial charge in [-0.15, -0.1) is 0 Å². The maximum atomic E-state index is 2.49. The van der Waals surface area contributed by atoms with Gasteiger partial charge in [0, 0.05) is 39.8 Å². The van der Waals surface area contributed by atoms with Crippen LogP contribution in [0.2, 0.25) is 0 Å². The minimum absolute atomic E-state index is 0.645. The van der Waals surface area contributed by atoms with Crippen LogP contribution in [-0.2, 0) is 5.41 Å². The molecular formula is C65H45N3. The molecule has 0 N–H and O–H groups in total. The van der Waals surface area contributed by atoms with E-state index >= 15 is 0 Å². The van der Waals surface area contributed by atoms with E-state index < -0.39 is 5.41 Å². The molecule has 1 aliphatic heterocycles. The van der Waals surface area contributed by atoms with E-state index in [0.717, 1.165) is 45.4 Å². The van der Waals surface area contributed by atoms with Gasteiger partial charge in [-0.3, -0.25) is 0 Å². The van der Waals surface area contributed by atoms with Crippen molar-refractivity contribution in [3.05, 3.63) is 295 Å². The highest BCUT2D eigenvalue weighted by molar-refractivity contribution is 5.98. The molecule has 3 nitrogen and oxygen atoms in total. The van der Waals surface area contributed by atoms with E-state index in [1.165, 1.54) is 61.1 Å². The molecule has 0 radical (unpaired) electrons. The van der Waals surface area contributed by atoms with Gasteiger partial charge in [0.25, 0.3) is 0 Å². The van der Waals surface area contributed by atoms with Crippen molar-refractivity contribution in [3.63, 3.8) is 0 Å². The SMILES string of the molecule is c1ccc(N(c2ccccc2)c2ccc3c(c2)C2(c4cc(-c5ccc(N(c6ccccc6)c6ccc7ccccc7c6)cc5)ccc4-3)c3ccccc3N(c3ccccc3)c3ccccc32)cc1. The molecule has 11 aromatic rings. The van der Waals surface area contributed by atoms with Crippen LogP contribution in [0.5, 0.6) is 0 Å². The van der Waals surface area contributed by atoms with Crippen molar-refractivity contribution in [3.8, 4) is 22.3 Å². The highest BCUT2D eigenvalue weighted by atomic mass is 15.2. The molecule has 1 aliphatic carbocycles. The Morgan fingerprint density at radius 3 is 1.26 bits per heavy atom. The number of rotatable bonds is 8. The Bertz CT molecular complexity index is 3540. The van der Waals surface area contributed by atoms with Gasteiger partial charge in [0.15, 0.2) is 0 Å². The van der Waals surface area contributed by atoms with Crippen LogP contribution in [0.1, 0.15) is 22.3 Å². The number of nitrogens with zero attached hydrogens (tertiary/aromatic N) is 3. The Labute approximate surface area is 397 Å². The van der Waals surface area contributed by atoms with Crippen LogP contribution in [0, 0.1) is 0 Å². The number of benzene rings is 11. The van der Waals surface area contributed by atoms with E-state index in [1.54, 1.807) is 0 Å². The Balaban J connectivity index is 1.01. The molecule has 0 fully saturated rings. The van der Waals surface area contributed by atoms with Gasteiger partial charge in [0.1, 0.15) is 0 Å². The summed E-state index contributed by atoms with van der Waals surface area (Å²) in [5, 5.41) is 2.45. The van der Waals surface area contributed by atoms with Crippen molar-refractivity contribution < 1.29 is 0 Å². The van der Waals surface area contributed by atoms with E-state index in [4.69, 9.17) is 0 Å². The third kappa shape index (κ3) is 6.28. The summed E-state index contributed by atoms with van der Waals surface area (Å²) in [6.45, 7) is 0. The summed E-state index contributed by atoms with van der Waals surface area (Å²) < 4.78 is 0. The summed E-state index contributed by atoms with van der Waals surface area (Å²) in [6, 6.07) is 99.9. The largest absolute Gasteiger partial charge is 0.310 e. The van der Waals surface area contributed by atoms with E-state index in [0.29, 0.717) is 0 Å². The molecule has 2 aliphatic rings. The quantitative estimate of drug-likeness (QED) is 0.151. The van der Waals surface area contributed by atoms with Gasteiger partial charge < -0.3 is 14.7 Å². The van der Waals surface area contributed by atoms with Gasteiger partial charge >= 0.3 is 0 Å². The van der Waals surface area contributed by atoms with Gasteiger partial charge in [-0.25, -0.2) is 0 Å². The van der Waals surface area contributed by atoms with E-state index in [2.05, 4.69) is 288 Å². The lowest BCUT2D eigenvalue weighted by Crippen LogP contribution is -2.36. The zero-order valence-corrected chi connectivity index (χ0v) is 37.3. The maximum absolute atomic E-state index is 2.49. The molecule has 320 valence electrons. The Morgan fingerprint density at radius 2 is 0.676 bits per heavy atom. The predicted octanol–water partition coefficient (Wildman–Crippen LogP) is 17.6. The average molecular weight is 868 g/mol. The lowest BCUT2D eigenvalue weighted by Gasteiger charge is -2.45. The van der Waals surface area contributed by atoms with Crippen LogP contribution in [0.3, 0.4) is 0 Å². The molecule has 1 heterocycles. The van der Waals surface area contributed by atoms with Gasteiger partial charge in [-0.05, 0) is 158 Å². The van der Waals surface area contributed by atoms with Gasteiger partial charge in [-0.1, -0.05) is 170 Å². The Hall–Kier alpha value is -8.92. The minimum atomic E-state index is -0.645. The van der Waals surface area contributed by atoms with E-state index in [-0.39, 0.29) is 0 Å². The fourth-order valence-electron chi connectivity index (χ4n) is 11.1. The average Bonchev–Trinajstić information content (AvgIpc) is 3.69. The Morgan fingerprint density at radius 1 is 0.265 bits per heavy atom. The summed E-state index contributed by atoms with van der Waals surface area (Å²) in [7, 11) is 0. The summed E-state index contributed by atoms with van der Waals surface area (Å²) in [4.78, 5) is 7.19. The van der Waals surface area contributed by atoms with Crippen LogP contribution in [0.15, 0.2) is 273 Å². The van der Waals surface area contributed by atoms with Crippen molar-refractivity contribution >= 4 is 62.0 Å². The summed E-state index contributed by atoms with van der Waals surface area (Å²) in [6.07, 6.45) is 0. The molecular weight excluding hydrogens is 823 g/mol. The van der Waals surface area contributed by atoms with Crippen molar-refractivity contribution in [2.45, 2.75) is 5.41 Å². The highest BCUT2D eigenvalue weighted by Gasteiger charge is 2.52. The van der Waals surface area contributed by atoms with Gasteiger partial charge in [0.05, 0.1) is 16.8 Å². The molecule has 0 atom stereocenters. The molecule has 3 heteroatoms. The normalized spacial score (nSPS) is 12.8. The first kappa shape index (κ1) is 39.4. The second kappa shape index (κ2) is 16.2. The zero-order valence-electron chi connectivity index (χ0n) is 37.3. The molecule has 0 saturated carbocycles. The maximum Gasteiger partial charge on any atom is 0.0755 e. The number of para-hydroxylation sites is 6. The molecule has 68 heavy (non-hydrogen) atoms. The van der Waals surface area contributed by atoms with E-state index in [1.807, 2.05) is 0 Å². The van der Waals surface area contributed by atoms with Crippen LogP contribution in [0.25, 0.3) is 33.0 Å². The molecule has 0 bridgehead atoms. The first-order valence-corrected chi connectivity index (χ1v) is 23.4. The highest BCUT2D eigenvalue weighted by Crippen LogP contribution is 2.64. The fraction of sp³-hybridized carbons (Fsp3) is 0.0154. The molecule has 1 spiro atoms. The summed E-state index contributed by atoms with van der Waals surface area (Å²) in [5.74, 6) is 0. The van der Waals surface area contributed by atoms with Crippen molar-refractivity contribution in [2.24, 2.45) is 0 Å². The molecule has 13 rings (SSSR count). The van der Waals surface area contributed by atoms with Crippen LogP contribution < -0.4 is 14.7 Å². The first-order chi connectivity index (χ1) is 33.7. The van der Waals surface area contributed by atoms with Crippen LogP contribution in [0.4, 0.5) is 51.2 Å². The number of fused-ring (bicyclic) bond motifs is 10. The molecule has 0 amide bonds. The van der Waals surface area contributed by atoms with Crippen molar-refractivity contribution in [1.29, 1.82) is 0 Å². The standard InChI is InChI=1S/C65H45N3/c1-5-21-50(22-6-1)66(51-23-7-2-8-24-51)56-40-42-58-57-41-36-49(47-33-37-54(38-34-47)67(52-25-9-3-10-26-52)55-39-35-46-19-13-14-20-48(46)43-55)44-61(57)65(62(58)45-56)59-29-15-17-31-63(59)68(53-27-11-4-12-28-53)64-32-18-16-30-60(64)65/h1-45H. The monoisotopic (exact) mass is 867 g/mol. The van der Waals surface area contributed by atoms with Crippen molar-refractivity contribution in [2.75, 3.05) is 14.7 Å². The molecule has 0 aromatic heterocycles. The fourth-order valence-corrected chi connectivity index (χ4v) is 11.1. The lowest BCUT2D eigenvalue weighted by molar-refractivity contribution is 0.753. The first-order valence-electron chi connectivity index (χ1n) is 23.4. The van der Waals surface area contributed by atoms with Crippen LogP contribution >= 0.6 is 0 Å². The summed E-state index contributed by atoms with van der Waals surface area (Å²) >= 11 is 0. The third-order valence-corrected chi connectivity index (χ3v) is 14.0. The third-order valence-electron chi connectivity index (χ3n) is 14.0. The van der Waals surface area contributed by atoms with Crippen LogP contribution in [-0.4, -0.2) is 0 Å².